The molecule has 1 fully saturated rings. The summed E-state index contributed by atoms with van der Waals surface area (Å²) < 4.78 is 0. The average molecular weight is 314 g/mol. The molecule has 3 heteroatoms. The van der Waals surface area contributed by atoms with E-state index in [1.165, 1.54) is 44.1 Å². The molecule has 1 aromatic rings. The van der Waals surface area contributed by atoms with E-state index >= 15 is 0 Å². The van der Waals surface area contributed by atoms with Crippen molar-refractivity contribution in [1.29, 1.82) is 0 Å². The molecule has 1 aliphatic rings. The van der Waals surface area contributed by atoms with Crippen LogP contribution < -0.4 is 5.32 Å². The van der Waals surface area contributed by atoms with Gasteiger partial charge < -0.3 is 5.32 Å². The number of halogens is 2. The van der Waals surface area contributed by atoms with E-state index in [9.17, 15) is 0 Å². The number of nitrogens with one attached hydrogen (secondary N) is 1. The van der Waals surface area contributed by atoms with E-state index in [1.54, 1.807) is 0 Å². The molecule has 20 heavy (non-hydrogen) atoms. The lowest BCUT2D eigenvalue weighted by atomic mass is 9.73. The van der Waals surface area contributed by atoms with Gasteiger partial charge in [-0.15, -0.1) is 0 Å². The van der Waals surface area contributed by atoms with Gasteiger partial charge in [0.2, 0.25) is 0 Å². The molecular weight excluding hydrogens is 289 g/mol. The molecule has 1 saturated carbocycles. The molecule has 1 nitrogen and oxygen atoms in total. The zero-order valence-corrected chi connectivity index (χ0v) is 14.0. The molecule has 2 rings (SSSR count). The summed E-state index contributed by atoms with van der Waals surface area (Å²) in [6.07, 6.45) is 7.42. The maximum atomic E-state index is 6.24. The van der Waals surface area contributed by atoms with Crippen LogP contribution >= 0.6 is 23.2 Å². The second-order valence-electron chi connectivity index (χ2n) is 6.06. The van der Waals surface area contributed by atoms with Crippen LogP contribution in [0.1, 0.15) is 57.9 Å². The zero-order valence-electron chi connectivity index (χ0n) is 12.5. The van der Waals surface area contributed by atoms with Crippen LogP contribution in [0.5, 0.6) is 0 Å². The highest BCUT2D eigenvalue weighted by atomic mass is 35.5. The molecule has 112 valence electrons. The zero-order chi connectivity index (χ0) is 14.6. The van der Waals surface area contributed by atoms with Crippen LogP contribution in [-0.2, 0) is 5.41 Å². The van der Waals surface area contributed by atoms with E-state index in [4.69, 9.17) is 23.2 Å². The van der Waals surface area contributed by atoms with Gasteiger partial charge in [-0.25, -0.2) is 0 Å². The van der Waals surface area contributed by atoms with Gasteiger partial charge in [0.1, 0.15) is 0 Å². The summed E-state index contributed by atoms with van der Waals surface area (Å²) in [5, 5.41) is 5.04. The molecule has 0 atom stereocenters. The van der Waals surface area contributed by atoms with Gasteiger partial charge in [0.15, 0.2) is 0 Å². The van der Waals surface area contributed by atoms with Gasteiger partial charge >= 0.3 is 0 Å². The van der Waals surface area contributed by atoms with Crippen molar-refractivity contribution in [3.05, 3.63) is 33.8 Å². The molecule has 0 aromatic heterocycles. The van der Waals surface area contributed by atoms with Gasteiger partial charge in [-0.05, 0) is 43.4 Å². The SMILES string of the molecule is CCCC(CCC)(CNC1CC1)c1ccc(Cl)c(Cl)c1. The molecule has 0 saturated heterocycles. The monoisotopic (exact) mass is 313 g/mol. The van der Waals surface area contributed by atoms with E-state index in [1.807, 2.05) is 6.07 Å². The molecule has 1 N–H and O–H groups in total. The maximum absolute atomic E-state index is 6.24. The molecular formula is C17H25Cl2N. The Morgan fingerprint density at radius 2 is 1.75 bits per heavy atom. The number of hydrogen-bond acceptors (Lipinski definition) is 1. The quantitative estimate of drug-likeness (QED) is 0.660. The van der Waals surface area contributed by atoms with Crippen LogP contribution in [0.15, 0.2) is 18.2 Å². The Bertz CT molecular complexity index is 435. The Kier molecular flexibility index (Phi) is 5.77. The first-order valence-corrected chi connectivity index (χ1v) is 8.56. The highest BCUT2D eigenvalue weighted by Crippen LogP contribution is 2.37. The Hall–Kier alpha value is -0.240. The summed E-state index contributed by atoms with van der Waals surface area (Å²) in [7, 11) is 0. The summed E-state index contributed by atoms with van der Waals surface area (Å²) in [6.45, 7) is 5.58. The number of hydrogen-bond donors (Lipinski definition) is 1. The Labute approximate surface area is 133 Å². The first-order valence-electron chi connectivity index (χ1n) is 7.80. The number of benzene rings is 1. The second kappa shape index (κ2) is 7.15. The molecule has 0 heterocycles. The fourth-order valence-corrected chi connectivity index (χ4v) is 3.40. The molecule has 0 radical (unpaired) electrons. The van der Waals surface area contributed by atoms with Crippen LogP contribution in [0.2, 0.25) is 10.0 Å². The summed E-state index contributed by atoms with van der Waals surface area (Å²) in [5.74, 6) is 0. The first kappa shape index (κ1) is 16.1. The smallest absolute Gasteiger partial charge is 0.0595 e. The predicted octanol–water partition coefficient (Wildman–Crippen LogP) is 5.58. The standard InChI is InChI=1S/C17H25Cl2N/c1-3-9-17(10-4-2,12-20-14-6-7-14)13-5-8-15(18)16(19)11-13/h5,8,11,14,20H,3-4,6-7,9-10,12H2,1-2H3. The molecule has 0 aliphatic heterocycles. The van der Waals surface area contributed by atoms with Gasteiger partial charge in [0.05, 0.1) is 10.0 Å². The van der Waals surface area contributed by atoms with Gasteiger partial charge in [0.25, 0.3) is 0 Å². The van der Waals surface area contributed by atoms with Crippen LogP contribution in [0.3, 0.4) is 0 Å². The summed E-state index contributed by atoms with van der Waals surface area (Å²) in [5.41, 5.74) is 1.53. The van der Waals surface area contributed by atoms with Crippen molar-refractivity contribution in [3.8, 4) is 0 Å². The van der Waals surface area contributed by atoms with E-state index < -0.39 is 0 Å². The fourth-order valence-electron chi connectivity index (χ4n) is 3.10. The normalized spacial score (nSPS) is 15.6. The number of rotatable bonds is 8. The van der Waals surface area contributed by atoms with Crippen LogP contribution in [-0.4, -0.2) is 12.6 Å². The topological polar surface area (TPSA) is 12.0 Å². The Balaban J connectivity index is 2.27. The lowest BCUT2D eigenvalue weighted by Crippen LogP contribution is -2.39. The molecule has 0 spiro atoms. The lowest BCUT2D eigenvalue weighted by Gasteiger charge is -2.35. The van der Waals surface area contributed by atoms with E-state index in [0.717, 1.165) is 12.6 Å². The third kappa shape index (κ3) is 3.90. The van der Waals surface area contributed by atoms with Crippen LogP contribution in [0, 0.1) is 0 Å². The van der Waals surface area contributed by atoms with Crippen molar-refractivity contribution >= 4 is 23.2 Å². The van der Waals surface area contributed by atoms with Gasteiger partial charge in [-0.1, -0.05) is 56.0 Å². The van der Waals surface area contributed by atoms with Gasteiger partial charge in [-0.2, -0.15) is 0 Å². The van der Waals surface area contributed by atoms with E-state index in [-0.39, 0.29) is 5.41 Å². The molecule has 0 bridgehead atoms. The van der Waals surface area contributed by atoms with Crippen LogP contribution in [0.4, 0.5) is 0 Å². The minimum atomic E-state index is 0.195. The third-order valence-electron chi connectivity index (χ3n) is 4.30. The van der Waals surface area contributed by atoms with E-state index in [2.05, 4.69) is 31.3 Å². The van der Waals surface area contributed by atoms with Crippen molar-refractivity contribution in [2.75, 3.05) is 6.54 Å². The molecule has 1 aliphatic carbocycles. The van der Waals surface area contributed by atoms with Crippen molar-refractivity contribution in [2.45, 2.75) is 63.8 Å². The summed E-state index contributed by atoms with van der Waals surface area (Å²) in [4.78, 5) is 0. The van der Waals surface area contributed by atoms with Crippen molar-refractivity contribution < 1.29 is 0 Å². The minimum absolute atomic E-state index is 0.195. The third-order valence-corrected chi connectivity index (χ3v) is 5.03. The Morgan fingerprint density at radius 1 is 1.10 bits per heavy atom. The minimum Gasteiger partial charge on any atom is -0.313 e. The van der Waals surface area contributed by atoms with Gasteiger partial charge in [-0.3, -0.25) is 0 Å². The van der Waals surface area contributed by atoms with Gasteiger partial charge in [0, 0.05) is 18.0 Å². The lowest BCUT2D eigenvalue weighted by molar-refractivity contribution is 0.334. The molecule has 0 unspecified atom stereocenters. The highest BCUT2D eigenvalue weighted by molar-refractivity contribution is 6.42. The van der Waals surface area contributed by atoms with Crippen LogP contribution in [0.25, 0.3) is 0 Å². The van der Waals surface area contributed by atoms with Crippen molar-refractivity contribution in [2.24, 2.45) is 0 Å². The highest BCUT2D eigenvalue weighted by Gasteiger charge is 2.33. The van der Waals surface area contributed by atoms with E-state index in [0.29, 0.717) is 10.0 Å². The molecule has 0 amide bonds. The summed E-state index contributed by atoms with van der Waals surface area (Å²) in [6, 6.07) is 6.92. The average Bonchev–Trinajstić information content (AvgIpc) is 3.24. The van der Waals surface area contributed by atoms with Crippen molar-refractivity contribution in [1.82, 2.24) is 5.32 Å². The second-order valence-corrected chi connectivity index (χ2v) is 6.88. The maximum Gasteiger partial charge on any atom is 0.0595 e. The fraction of sp³-hybridized carbons (Fsp3) is 0.647. The molecule has 1 aromatic carbocycles. The predicted molar refractivity (Wildman–Crippen MR) is 89.0 cm³/mol. The summed E-state index contributed by atoms with van der Waals surface area (Å²) >= 11 is 12.3. The van der Waals surface area contributed by atoms with Crippen molar-refractivity contribution in [3.63, 3.8) is 0 Å². The first-order chi connectivity index (χ1) is 9.61. The Morgan fingerprint density at radius 3 is 2.25 bits per heavy atom. The largest absolute Gasteiger partial charge is 0.313 e.